The Bertz CT molecular complexity index is 1030. The van der Waals surface area contributed by atoms with E-state index in [-0.39, 0.29) is 6.10 Å². The van der Waals surface area contributed by atoms with Crippen LogP contribution in [0.15, 0.2) is 58.8 Å². The Hall–Kier alpha value is -3.06. The maximum Gasteiger partial charge on any atom is 0.317 e. The van der Waals surface area contributed by atoms with Crippen LogP contribution >= 0.6 is 11.6 Å². The molecule has 0 saturated heterocycles. The van der Waals surface area contributed by atoms with Crippen molar-refractivity contribution in [2.45, 2.75) is 13.0 Å². The number of aromatic nitrogens is 4. The summed E-state index contributed by atoms with van der Waals surface area (Å²) in [6.45, 7) is 2.40. The largest absolute Gasteiger partial charge is 0.452 e. The number of nitrogens with zero attached hydrogens (tertiary/aromatic N) is 6. The zero-order valence-corrected chi connectivity index (χ0v) is 15.6. The molecule has 3 aromatic rings. The predicted octanol–water partition coefficient (Wildman–Crippen LogP) is 3.20. The van der Waals surface area contributed by atoms with Crippen LogP contribution in [0.5, 0.6) is 6.01 Å². The summed E-state index contributed by atoms with van der Waals surface area (Å²) in [6.07, 6.45) is 3.08. The van der Waals surface area contributed by atoms with E-state index in [9.17, 15) is 0 Å². The molecule has 3 heterocycles. The fraction of sp³-hybridized carbons (Fsp3) is 0.211. The molecule has 0 aliphatic carbocycles. The van der Waals surface area contributed by atoms with Gasteiger partial charge in [-0.1, -0.05) is 28.8 Å². The SMILES string of the molecule is CC(Oc1nnc(-c2ccncc2)n1C)C1=NCC(c2cccc(Cl)c2)=N1. The number of rotatable bonds is 5. The molecule has 0 fully saturated rings. The summed E-state index contributed by atoms with van der Waals surface area (Å²) in [5.41, 5.74) is 2.76. The lowest BCUT2D eigenvalue weighted by Crippen LogP contribution is -2.23. The normalized spacial score (nSPS) is 14.6. The molecular weight excluding hydrogens is 364 g/mol. The van der Waals surface area contributed by atoms with Crippen molar-refractivity contribution in [1.82, 2.24) is 19.7 Å². The molecule has 1 atom stereocenters. The number of aliphatic imine (C=N–C) groups is 2. The molecule has 8 heteroatoms. The van der Waals surface area contributed by atoms with Gasteiger partial charge in [0.1, 0.15) is 0 Å². The van der Waals surface area contributed by atoms with E-state index in [1.54, 1.807) is 17.0 Å². The van der Waals surface area contributed by atoms with Crippen molar-refractivity contribution in [1.29, 1.82) is 0 Å². The fourth-order valence-corrected chi connectivity index (χ4v) is 2.98. The topological polar surface area (TPSA) is 77.5 Å². The molecule has 0 bridgehead atoms. The van der Waals surface area contributed by atoms with Gasteiger partial charge in [0.2, 0.25) is 0 Å². The minimum Gasteiger partial charge on any atom is -0.452 e. The average Bonchev–Trinajstić information content (AvgIpc) is 3.31. The first-order chi connectivity index (χ1) is 13.1. The molecule has 0 amide bonds. The van der Waals surface area contributed by atoms with E-state index in [2.05, 4.69) is 25.2 Å². The average molecular weight is 381 g/mol. The van der Waals surface area contributed by atoms with Gasteiger partial charge in [0.05, 0.1) is 12.3 Å². The van der Waals surface area contributed by atoms with Crippen LogP contribution in [-0.4, -0.2) is 43.9 Å². The molecule has 0 saturated carbocycles. The first kappa shape index (κ1) is 17.4. The lowest BCUT2D eigenvalue weighted by Gasteiger charge is -2.12. The van der Waals surface area contributed by atoms with Crippen molar-refractivity contribution in [3.8, 4) is 17.4 Å². The summed E-state index contributed by atoms with van der Waals surface area (Å²) in [6, 6.07) is 11.7. The first-order valence-electron chi connectivity index (χ1n) is 8.46. The number of halogens is 1. The van der Waals surface area contributed by atoms with Gasteiger partial charge < -0.3 is 4.74 Å². The zero-order chi connectivity index (χ0) is 18.8. The monoisotopic (exact) mass is 380 g/mol. The molecule has 1 aliphatic heterocycles. The van der Waals surface area contributed by atoms with Crippen LogP contribution in [0.3, 0.4) is 0 Å². The zero-order valence-electron chi connectivity index (χ0n) is 14.9. The maximum atomic E-state index is 6.06. The highest BCUT2D eigenvalue weighted by atomic mass is 35.5. The number of hydrogen-bond acceptors (Lipinski definition) is 6. The van der Waals surface area contributed by atoms with Crippen molar-refractivity contribution in [2.75, 3.05) is 6.54 Å². The lowest BCUT2D eigenvalue weighted by atomic mass is 10.1. The molecule has 0 radical (unpaired) electrons. The molecule has 4 rings (SSSR count). The number of amidine groups is 1. The number of hydrogen-bond donors (Lipinski definition) is 0. The Morgan fingerprint density at radius 3 is 2.70 bits per heavy atom. The minimum atomic E-state index is -0.352. The van der Waals surface area contributed by atoms with Crippen LogP contribution in [-0.2, 0) is 7.05 Å². The number of benzene rings is 1. The van der Waals surface area contributed by atoms with Gasteiger partial charge in [-0.2, -0.15) is 0 Å². The van der Waals surface area contributed by atoms with Crippen LogP contribution in [0.2, 0.25) is 5.02 Å². The second kappa shape index (κ2) is 7.28. The lowest BCUT2D eigenvalue weighted by molar-refractivity contribution is 0.253. The number of ether oxygens (including phenoxy) is 1. The van der Waals surface area contributed by atoms with Crippen LogP contribution < -0.4 is 4.74 Å². The van der Waals surface area contributed by atoms with Crippen molar-refractivity contribution < 1.29 is 4.74 Å². The fourth-order valence-electron chi connectivity index (χ4n) is 2.79. The van der Waals surface area contributed by atoms with Gasteiger partial charge in [-0.15, -0.1) is 5.10 Å². The second-order valence-electron chi connectivity index (χ2n) is 6.10. The minimum absolute atomic E-state index is 0.352. The van der Waals surface area contributed by atoms with Gasteiger partial charge >= 0.3 is 6.01 Å². The van der Waals surface area contributed by atoms with E-state index in [0.717, 1.165) is 16.8 Å². The summed E-state index contributed by atoms with van der Waals surface area (Å²) >= 11 is 6.06. The van der Waals surface area contributed by atoms with E-state index >= 15 is 0 Å². The summed E-state index contributed by atoms with van der Waals surface area (Å²) in [5.74, 6) is 1.33. The highest BCUT2D eigenvalue weighted by Crippen LogP contribution is 2.21. The summed E-state index contributed by atoms with van der Waals surface area (Å²) in [7, 11) is 1.86. The third-order valence-electron chi connectivity index (χ3n) is 4.22. The summed E-state index contributed by atoms with van der Waals surface area (Å²) in [5, 5.41) is 9.03. The third-order valence-corrected chi connectivity index (χ3v) is 4.45. The molecule has 1 aromatic carbocycles. The standard InChI is InChI=1S/C19H17ClN6O/c1-12(17-22-11-16(23-17)14-4-3-5-15(20)10-14)27-19-25-24-18(26(19)2)13-6-8-21-9-7-13/h3-10,12H,11H2,1-2H3. The van der Waals surface area contributed by atoms with Crippen molar-refractivity contribution in [2.24, 2.45) is 17.0 Å². The molecule has 27 heavy (non-hydrogen) atoms. The third kappa shape index (κ3) is 3.59. The highest BCUT2D eigenvalue weighted by Gasteiger charge is 2.21. The second-order valence-corrected chi connectivity index (χ2v) is 6.54. The summed E-state index contributed by atoms with van der Waals surface area (Å²) < 4.78 is 7.74. The molecule has 0 spiro atoms. The van der Waals surface area contributed by atoms with Crippen LogP contribution in [0.1, 0.15) is 12.5 Å². The smallest absolute Gasteiger partial charge is 0.317 e. The van der Waals surface area contributed by atoms with Crippen LogP contribution in [0, 0.1) is 0 Å². The Morgan fingerprint density at radius 2 is 1.93 bits per heavy atom. The van der Waals surface area contributed by atoms with Crippen LogP contribution in [0.4, 0.5) is 0 Å². The molecule has 7 nitrogen and oxygen atoms in total. The molecule has 2 aromatic heterocycles. The Labute approximate surface area is 161 Å². The van der Waals surface area contributed by atoms with Gasteiger partial charge in [-0.25, -0.2) is 4.99 Å². The van der Waals surface area contributed by atoms with Crippen LogP contribution in [0.25, 0.3) is 11.4 Å². The highest BCUT2D eigenvalue weighted by molar-refractivity contribution is 6.31. The first-order valence-corrected chi connectivity index (χ1v) is 8.84. The van der Waals surface area contributed by atoms with E-state index in [1.807, 2.05) is 50.4 Å². The van der Waals surface area contributed by atoms with Gasteiger partial charge in [0, 0.05) is 30.0 Å². The van der Waals surface area contributed by atoms with E-state index in [4.69, 9.17) is 16.3 Å². The number of pyridine rings is 1. The van der Waals surface area contributed by atoms with Gasteiger partial charge in [-0.05, 0) is 36.8 Å². The molecule has 1 unspecified atom stereocenters. The van der Waals surface area contributed by atoms with Gasteiger partial charge in [0.25, 0.3) is 0 Å². The van der Waals surface area contributed by atoms with Crippen molar-refractivity contribution in [3.63, 3.8) is 0 Å². The molecule has 1 aliphatic rings. The van der Waals surface area contributed by atoms with Crippen molar-refractivity contribution >= 4 is 23.1 Å². The summed E-state index contributed by atoms with van der Waals surface area (Å²) in [4.78, 5) is 13.1. The van der Waals surface area contributed by atoms with Crippen molar-refractivity contribution in [3.05, 3.63) is 59.4 Å². The molecule has 0 N–H and O–H groups in total. The van der Waals surface area contributed by atoms with Gasteiger partial charge in [-0.3, -0.25) is 14.5 Å². The molecule has 136 valence electrons. The Morgan fingerprint density at radius 1 is 1.11 bits per heavy atom. The molecular formula is C19H17ClN6O. The van der Waals surface area contributed by atoms with E-state index in [1.165, 1.54) is 0 Å². The Balaban J connectivity index is 1.50. The Kier molecular flexibility index (Phi) is 4.68. The van der Waals surface area contributed by atoms with E-state index < -0.39 is 0 Å². The van der Waals surface area contributed by atoms with Gasteiger partial charge in [0.15, 0.2) is 17.8 Å². The van der Waals surface area contributed by atoms with E-state index in [0.29, 0.717) is 29.2 Å². The predicted molar refractivity (Wildman–Crippen MR) is 105 cm³/mol. The maximum absolute atomic E-state index is 6.06. The quantitative estimate of drug-likeness (QED) is 0.681.